The molecule has 0 aliphatic rings. The lowest BCUT2D eigenvalue weighted by atomic mass is 10.2. The molecule has 2 aromatic heterocycles. The molecule has 0 saturated carbocycles. The topological polar surface area (TPSA) is 81.1 Å². The Hall–Kier alpha value is -3.86. The summed E-state index contributed by atoms with van der Waals surface area (Å²) in [5.74, 6) is 0.530. The van der Waals surface area contributed by atoms with Crippen molar-refractivity contribution < 1.29 is 22.7 Å². The van der Waals surface area contributed by atoms with Gasteiger partial charge in [0.15, 0.2) is 0 Å². The number of benzene rings is 3. The number of thiophene rings is 1. The minimum Gasteiger partial charge on any atom is -0.490 e. The van der Waals surface area contributed by atoms with Crippen LogP contribution >= 0.6 is 11.3 Å². The number of nitrogens with zero attached hydrogens (tertiary/aromatic N) is 3. The van der Waals surface area contributed by atoms with E-state index in [0.717, 1.165) is 23.4 Å². The van der Waals surface area contributed by atoms with E-state index in [1.54, 1.807) is 17.5 Å². The Morgan fingerprint density at radius 2 is 1.62 bits per heavy atom. The molecule has 0 fully saturated rings. The quantitative estimate of drug-likeness (QED) is 0.144. The summed E-state index contributed by atoms with van der Waals surface area (Å²) < 4.78 is 45.0. The summed E-state index contributed by atoms with van der Waals surface area (Å²) in [6.07, 6.45) is -0.519. The number of hydrogen-bond donors (Lipinski definition) is 0. The summed E-state index contributed by atoms with van der Waals surface area (Å²) in [6.45, 7) is 14.6. The Bertz CT molecular complexity index is 1900. The average Bonchev–Trinajstić information content (AvgIpc) is 3.56. The molecule has 0 aliphatic heterocycles. The summed E-state index contributed by atoms with van der Waals surface area (Å²) in [4.78, 5) is 16.0. The molecule has 0 aliphatic carbocycles. The molecule has 0 saturated heterocycles. The van der Waals surface area contributed by atoms with Crippen molar-refractivity contribution in [1.82, 2.24) is 9.47 Å². The summed E-state index contributed by atoms with van der Waals surface area (Å²) in [5.41, 5.74) is 1.79. The fourth-order valence-electron chi connectivity index (χ4n) is 5.41. The number of fused-ring (bicyclic) bond motifs is 2. The van der Waals surface area contributed by atoms with Gasteiger partial charge in [0.1, 0.15) is 22.9 Å². The van der Waals surface area contributed by atoms with Crippen LogP contribution in [0, 0.1) is 6.92 Å². The Labute approximate surface area is 269 Å². The van der Waals surface area contributed by atoms with E-state index in [2.05, 4.69) is 18.7 Å². The summed E-state index contributed by atoms with van der Waals surface area (Å²) >= 11 is 1.41. The van der Waals surface area contributed by atoms with Gasteiger partial charge in [0.25, 0.3) is 10.0 Å². The van der Waals surface area contributed by atoms with Crippen LogP contribution in [0.2, 0.25) is 0 Å². The number of sulfonamides is 1. The van der Waals surface area contributed by atoms with Crippen molar-refractivity contribution >= 4 is 54.1 Å². The monoisotopic (exact) mass is 647 g/mol. The van der Waals surface area contributed by atoms with Gasteiger partial charge < -0.3 is 14.4 Å². The smallest absolute Gasteiger partial charge is 0.419 e. The van der Waals surface area contributed by atoms with Crippen LogP contribution < -0.4 is 9.04 Å². The SMILES string of the molecule is CCN(CC)CCOc1c(C)n(C(=O)OC(C)(C)C)c2ccc(N(Cc3ccccc3)S(=O)(=O)c3csc4ccccc34)cc12. The molecule has 0 bridgehead atoms. The van der Waals surface area contributed by atoms with Crippen LogP contribution in [0.4, 0.5) is 10.5 Å². The van der Waals surface area contributed by atoms with E-state index in [1.807, 2.05) is 88.4 Å². The zero-order valence-corrected chi connectivity index (χ0v) is 28.4. The van der Waals surface area contributed by atoms with E-state index in [9.17, 15) is 13.2 Å². The van der Waals surface area contributed by atoms with Crippen molar-refractivity contribution in [2.24, 2.45) is 0 Å². The lowest BCUT2D eigenvalue weighted by molar-refractivity contribution is 0.0540. The molecule has 2 heterocycles. The molecule has 45 heavy (non-hydrogen) atoms. The highest BCUT2D eigenvalue weighted by molar-refractivity contribution is 7.93. The molecular formula is C35H41N3O5S2. The molecule has 0 radical (unpaired) electrons. The van der Waals surface area contributed by atoms with Gasteiger partial charge in [-0.15, -0.1) is 11.3 Å². The highest BCUT2D eigenvalue weighted by atomic mass is 32.2. The highest BCUT2D eigenvalue weighted by Gasteiger charge is 2.30. The van der Waals surface area contributed by atoms with Gasteiger partial charge in [-0.1, -0.05) is 62.4 Å². The van der Waals surface area contributed by atoms with Crippen LogP contribution in [0.25, 0.3) is 21.0 Å². The Morgan fingerprint density at radius 3 is 2.31 bits per heavy atom. The number of aromatic nitrogens is 1. The van der Waals surface area contributed by atoms with E-state index in [1.165, 1.54) is 20.2 Å². The number of likely N-dealkylation sites (N-methyl/N-ethyl adjacent to an activating group) is 1. The van der Waals surface area contributed by atoms with Gasteiger partial charge in [-0.3, -0.25) is 4.31 Å². The van der Waals surface area contributed by atoms with Crippen LogP contribution in [0.1, 0.15) is 45.9 Å². The number of rotatable bonds is 11. The fourth-order valence-corrected chi connectivity index (χ4v) is 8.33. The highest BCUT2D eigenvalue weighted by Crippen LogP contribution is 2.39. The molecule has 0 atom stereocenters. The fraction of sp³-hybridized carbons (Fsp3) is 0.343. The number of anilines is 1. The maximum Gasteiger partial charge on any atom is 0.419 e. The minimum atomic E-state index is -4.00. The Morgan fingerprint density at radius 1 is 0.933 bits per heavy atom. The zero-order chi connectivity index (χ0) is 32.4. The van der Waals surface area contributed by atoms with E-state index >= 15 is 0 Å². The lowest BCUT2D eigenvalue weighted by Crippen LogP contribution is -2.30. The van der Waals surface area contributed by atoms with E-state index in [-0.39, 0.29) is 11.4 Å². The number of carbonyl (C=O) groups excluding carboxylic acids is 1. The first-order valence-corrected chi connectivity index (χ1v) is 17.5. The van der Waals surface area contributed by atoms with Crippen molar-refractivity contribution in [3.8, 4) is 5.75 Å². The van der Waals surface area contributed by atoms with E-state index < -0.39 is 21.7 Å². The van der Waals surface area contributed by atoms with Gasteiger partial charge in [-0.05, 0) is 70.6 Å². The largest absolute Gasteiger partial charge is 0.490 e. The molecule has 0 spiro atoms. The Balaban J connectivity index is 1.66. The standard InChI is InChI=1S/C35H41N3O5S2/c1-7-36(8-2)20-21-42-33-25(3)38(34(39)43-35(4,5)6)30-19-18-27(22-29(30)33)37(23-26-14-10-9-11-15-26)45(40,41)32-24-44-31-17-13-12-16-28(31)32/h9-19,22,24H,7-8,20-21,23H2,1-6H3. The first-order chi connectivity index (χ1) is 21.4. The molecule has 8 nitrogen and oxygen atoms in total. The van der Waals surface area contributed by atoms with Crippen LogP contribution in [0.15, 0.2) is 83.1 Å². The normalized spacial score (nSPS) is 12.2. The van der Waals surface area contributed by atoms with E-state index in [4.69, 9.17) is 9.47 Å². The van der Waals surface area contributed by atoms with Gasteiger partial charge in [0.05, 0.1) is 23.4 Å². The second-order valence-corrected chi connectivity index (χ2v) is 14.6. The summed E-state index contributed by atoms with van der Waals surface area (Å²) in [6, 6.07) is 22.4. The summed E-state index contributed by atoms with van der Waals surface area (Å²) in [7, 11) is -4.00. The molecule has 3 aromatic carbocycles. The molecular weight excluding hydrogens is 607 g/mol. The van der Waals surface area contributed by atoms with Gasteiger partial charge in [0, 0.05) is 27.4 Å². The molecule has 0 amide bonds. The minimum absolute atomic E-state index is 0.128. The first-order valence-electron chi connectivity index (χ1n) is 15.2. The second-order valence-electron chi connectivity index (χ2n) is 11.9. The van der Waals surface area contributed by atoms with Crippen molar-refractivity contribution in [1.29, 1.82) is 0 Å². The second kappa shape index (κ2) is 13.2. The van der Waals surface area contributed by atoms with Crippen LogP contribution in [0.3, 0.4) is 0 Å². The van der Waals surface area contributed by atoms with Crippen molar-refractivity contribution in [2.45, 2.75) is 58.6 Å². The van der Waals surface area contributed by atoms with Crippen molar-refractivity contribution in [3.05, 3.63) is 89.4 Å². The van der Waals surface area contributed by atoms with E-state index in [0.29, 0.717) is 46.6 Å². The number of hydrogen-bond acceptors (Lipinski definition) is 7. The lowest BCUT2D eigenvalue weighted by Gasteiger charge is -2.25. The maximum atomic E-state index is 14.5. The van der Waals surface area contributed by atoms with Crippen LogP contribution in [-0.4, -0.2) is 55.8 Å². The Kier molecular flexibility index (Phi) is 9.57. The van der Waals surface area contributed by atoms with Gasteiger partial charge in [-0.2, -0.15) is 0 Å². The van der Waals surface area contributed by atoms with Gasteiger partial charge in [-0.25, -0.2) is 17.8 Å². The van der Waals surface area contributed by atoms with Crippen molar-refractivity contribution in [2.75, 3.05) is 30.5 Å². The third kappa shape index (κ3) is 6.88. The predicted molar refractivity (Wildman–Crippen MR) is 183 cm³/mol. The molecule has 0 unspecified atom stereocenters. The zero-order valence-electron chi connectivity index (χ0n) is 26.7. The van der Waals surface area contributed by atoms with Crippen molar-refractivity contribution in [3.63, 3.8) is 0 Å². The molecule has 10 heteroatoms. The third-order valence-electron chi connectivity index (χ3n) is 7.72. The molecule has 238 valence electrons. The van der Waals surface area contributed by atoms with Crippen LogP contribution in [-0.2, 0) is 21.3 Å². The van der Waals surface area contributed by atoms with Gasteiger partial charge >= 0.3 is 6.09 Å². The number of carbonyl (C=O) groups is 1. The third-order valence-corrected chi connectivity index (χ3v) is 10.7. The predicted octanol–water partition coefficient (Wildman–Crippen LogP) is 8.06. The summed E-state index contributed by atoms with van der Waals surface area (Å²) in [5, 5.41) is 3.04. The van der Waals surface area contributed by atoms with Gasteiger partial charge in [0.2, 0.25) is 0 Å². The average molecular weight is 648 g/mol. The number of ether oxygens (including phenoxy) is 2. The maximum absolute atomic E-state index is 14.5. The first kappa shape index (κ1) is 32.5. The molecule has 5 aromatic rings. The van der Waals surface area contributed by atoms with Crippen LogP contribution in [0.5, 0.6) is 5.75 Å². The molecule has 0 N–H and O–H groups in total. The molecule has 5 rings (SSSR count).